The smallest absolute Gasteiger partial charge is 0.0807 e. The molecule has 0 saturated carbocycles. The van der Waals surface area contributed by atoms with Crippen LogP contribution in [0.15, 0.2) is 24.3 Å². The zero-order valence-electron chi connectivity index (χ0n) is 10.7. The number of aliphatic hydroxyl groups excluding tert-OH is 1. The van der Waals surface area contributed by atoms with Crippen LogP contribution in [0.3, 0.4) is 0 Å². The van der Waals surface area contributed by atoms with Crippen LogP contribution in [0.25, 0.3) is 0 Å². The highest BCUT2D eigenvalue weighted by Gasteiger charge is 2.16. The van der Waals surface area contributed by atoms with E-state index in [2.05, 4.69) is 23.1 Å². The highest BCUT2D eigenvalue weighted by molar-refractivity contribution is 5.54. The number of aliphatic hydroxyl groups is 1. The lowest BCUT2D eigenvalue weighted by atomic mass is 10.0. The van der Waals surface area contributed by atoms with Gasteiger partial charge in [-0.05, 0) is 25.3 Å². The van der Waals surface area contributed by atoms with Gasteiger partial charge in [-0.3, -0.25) is 0 Å². The van der Waals surface area contributed by atoms with Gasteiger partial charge in [-0.2, -0.15) is 0 Å². The molecule has 1 heterocycles. The molecule has 0 unspecified atom stereocenters. The molecular formula is C15H23NO. The van der Waals surface area contributed by atoms with Crippen molar-refractivity contribution in [3.63, 3.8) is 0 Å². The standard InChI is InChI=1S/C15H23NO/c1-2-15(17)13-9-5-6-10-14(13)16-11-7-3-4-8-12-16/h5-6,9-10,15,17H,2-4,7-8,11-12H2,1H3/t15-/m1/s1. The van der Waals surface area contributed by atoms with Crippen molar-refractivity contribution in [2.75, 3.05) is 18.0 Å². The van der Waals surface area contributed by atoms with Crippen molar-refractivity contribution >= 4 is 5.69 Å². The Morgan fingerprint density at radius 3 is 2.41 bits per heavy atom. The summed E-state index contributed by atoms with van der Waals surface area (Å²) < 4.78 is 0. The van der Waals surface area contributed by atoms with Crippen LogP contribution in [-0.2, 0) is 0 Å². The molecule has 1 N–H and O–H groups in total. The largest absolute Gasteiger partial charge is 0.388 e. The molecule has 0 spiro atoms. The summed E-state index contributed by atoms with van der Waals surface area (Å²) in [4.78, 5) is 2.45. The minimum atomic E-state index is -0.325. The van der Waals surface area contributed by atoms with Gasteiger partial charge in [0.05, 0.1) is 6.10 Å². The number of anilines is 1. The number of hydrogen-bond donors (Lipinski definition) is 1. The van der Waals surface area contributed by atoms with Crippen molar-refractivity contribution in [1.82, 2.24) is 0 Å². The third-order valence-corrected chi connectivity index (χ3v) is 3.63. The average Bonchev–Trinajstić information content (AvgIpc) is 2.66. The van der Waals surface area contributed by atoms with Gasteiger partial charge in [-0.15, -0.1) is 0 Å². The predicted molar refractivity (Wildman–Crippen MR) is 72.4 cm³/mol. The molecule has 0 aliphatic carbocycles. The van der Waals surface area contributed by atoms with E-state index in [-0.39, 0.29) is 6.10 Å². The van der Waals surface area contributed by atoms with Crippen molar-refractivity contribution in [3.8, 4) is 0 Å². The van der Waals surface area contributed by atoms with Gasteiger partial charge in [-0.1, -0.05) is 38.0 Å². The predicted octanol–water partition coefficient (Wildman–Crippen LogP) is 3.51. The van der Waals surface area contributed by atoms with Gasteiger partial charge in [0.1, 0.15) is 0 Å². The van der Waals surface area contributed by atoms with E-state index >= 15 is 0 Å². The van der Waals surface area contributed by atoms with E-state index in [0.29, 0.717) is 0 Å². The van der Waals surface area contributed by atoms with Crippen molar-refractivity contribution < 1.29 is 5.11 Å². The van der Waals surface area contributed by atoms with Gasteiger partial charge in [0.2, 0.25) is 0 Å². The Bertz CT molecular complexity index is 343. The van der Waals surface area contributed by atoms with Gasteiger partial charge >= 0.3 is 0 Å². The van der Waals surface area contributed by atoms with E-state index in [0.717, 1.165) is 25.1 Å². The topological polar surface area (TPSA) is 23.5 Å². The normalized spacial score (nSPS) is 18.8. The Balaban J connectivity index is 2.23. The van der Waals surface area contributed by atoms with E-state index in [4.69, 9.17) is 0 Å². The quantitative estimate of drug-likeness (QED) is 0.863. The summed E-state index contributed by atoms with van der Waals surface area (Å²) in [6, 6.07) is 8.32. The van der Waals surface area contributed by atoms with E-state index < -0.39 is 0 Å². The van der Waals surface area contributed by atoms with Crippen molar-refractivity contribution in [1.29, 1.82) is 0 Å². The van der Waals surface area contributed by atoms with E-state index in [1.165, 1.54) is 31.4 Å². The number of benzene rings is 1. The molecule has 2 heteroatoms. The molecule has 17 heavy (non-hydrogen) atoms. The summed E-state index contributed by atoms with van der Waals surface area (Å²) in [7, 11) is 0. The Morgan fingerprint density at radius 1 is 1.12 bits per heavy atom. The average molecular weight is 233 g/mol. The molecule has 2 nitrogen and oxygen atoms in total. The molecule has 1 aromatic rings. The van der Waals surface area contributed by atoms with Gasteiger partial charge in [0, 0.05) is 24.3 Å². The van der Waals surface area contributed by atoms with E-state index in [1.54, 1.807) is 0 Å². The van der Waals surface area contributed by atoms with Crippen LogP contribution in [0.5, 0.6) is 0 Å². The second-order valence-electron chi connectivity index (χ2n) is 4.88. The summed E-state index contributed by atoms with van der Waals surface area (Å²) in [5.74, 6) is 0. The summed E-state index contributed by atoms with van der Waals surface area (Å²) in [6.45, 7) is 4.30. The van der Waals surface area contributed by atoms with Crippen molar-refractivity contribution in [3.05, 3.63) is 29.8 Å². The molecule has 0 bridgehead atoms. The van der Waals surface area contributed by atoms with Gasteiger partial charge in [-0.25, -0.2) is 0 Å². The molecule has 0 aromatic heterocycles. The number of hydrogen-bond acceptors (Lipinski definition) is 2. The molecule has 1 aromatic carbocycles. The zero-order valence-corrected chi connectivity index (χ0v) is 10.7. The lowest BCUT2D eigenvalue weighted by Gasteiger charge is -2.26. The Hall–Kier alpha value is -1.02. The molecule has 2 rings (SSSR count). The molecule has 1 saturated heterocycles. The second-order valence-corrected chi connectivity index (χ2v) is 4.88. The fourth-order valence-electron chi connectivity index (χ4n) is 2.59. The Labute approximate surface area is 104 Å². The third kappa shape index (κ3) is 3.01. The molecule has 94 valence electrons. The van der Waals surface area contributed by atoms with Gasteiger partial charge < -0.3 is 10.0 Å². The lowest BCUT2D eigenvalue weighted by molar-refractivity contribution is 0.174. The van der Waals surface area contributed by atoms with Crippen molar-refractivity contribution in [2.45, 2.75) is 45.1 Å². The first-order chi connectivity index (χ1) is 8.33. The first-order valence-electron chi connectivity index (χ1n) is 6.85. The molecule has 1 aliphatic heterocycles. The fourth-order valence-corrected chi connectivity index (χ4v) is 2.59. The van der Waals surface area contributed by atoms with Crippen LogP contribution < -0.4 is 4.90 Å². The summed E-state index contributed by atoms with van der Waals surface area (Å²) in [5.41, 5.74) is 2.33. The maximum absolute atomic E-state index is 10.1. The maximum Gasteiger partial charge on any atom is 0.0807 e. The van der Waals surface area contributed by atoms with Crippen LogP contribution in [0.2, 0.25) is 0 Å². The van der Waals surface area contributed by atoms with E-state index in [1.807, 2.05) is 13.0 Å². The minimum absolute atomic E-state index is 0.325. The number of rotatable bonds is 3. The molecule has 0 radical (unpaired) electrons. The summed E-state index contributed by atoms with van der Waals surface area (Å²) in [6.07, 6.45) is 5.69. The lowest BCUT2D eigenvalue weighted by Crippen LogP contribution is -2.25. The first-order valence-corrected chi connectivity index (χ1v) is 6.85. The zero-order chi connectivity index (χ0) is 12.1. The number of para-hydroxylation sites is 1. The highest BCUT2D eigenvalue weighted by atomic mass is 16.3. The van der Waals surface area contributed by atoms with Crippen molar-refractivity contribution in [2.24, 2.45) is 0 Å². The fraction of sp³-hybridized carbons (Fsp3) is 0.600. The third-order valence-electron chi connectivity index (χ3n) is 3.63. The van der Waals surface area contributed by atoms with Crippen LogP contribution in [0, 0.1) is 0 Å². The molecule has 1 atom stereocenters. The molecule has 0 amide bonds. The van der Waals surface area contributed by atoms with Crippen LogP contribution in [0.1, 0.15) is 50.7 Å². The summed E-state index contributed by atoms with van der Waals surface area (Å²) in [5, 5.41) is 10.1. The second kappa shape index (κ2) is 6.06. The maximum atomic E-state index is 10.1. The van der Waals surface area contributed by atoms with Gasteiger partial charge in [0.15, 0.2) is 0 Å². The summed E-state index contributed by atoms with van der Waals surface area (Å²) >= 11 is 0. The van der Waals surface area contributed by atoms with Gasteiger partial charge in [0.25, 0.3) is 0 Å². The molecule has 1 fully saturated rings. The molecule has 1 aliphatic rings. The van der Waals surface area contributed by atoms with Crippen LogP contribution >= 0.6 is 0 Å². The van der Waals surface area contributed by atoms with Crippen LogP contribution in [0.4, 0.5) is 5.69 Å². The van der Waals surface area contributed by atoms with E-state index in [9.17, 15) is 5.11 Å². The highest BCUT2D eigenvalue weighted by Crippen LogP contribution is 2.29. The Morgan fingerprint density at radius 2 is 1.76 bits per heavy atom. The number of nitrogens with zero attached hydrogens (tertiary/aromatic N) is 1. The minimum Gasteiger partial charge on any atom is -0.388 e. The molecular weight excluding hydrogens is 210 g/mol. The monoisotopic (exact) mass is 233 g/mol. The van der Waals surface area contributed by atoms with Crippen LogP contribution in [-0.4, -0.2) is 18.2 Å². The Kier molecular flexibility index (Phi) is 4.43. The first kappa shape index (κ1) is 12.4. The SMILES string of the molecule is CC[C@@H](O)c1ccccc1N1CCCCCC1.